The van der Waals surface area contributed by atoms with Gasteiger partial charge >= 0.3 is 0 Å². The molecule has 0 fully saturated rings. The Labute approximate surface area is 131 Å². The third-order valence-corrected chi connectivity index (χ3v) is 3.53. The molecule has 1 heterocycles. The number of anilines is 1. The van der Waals surface area contributed by atoms with E-state index in [0.717, 1.165) is 10.8 Å². The number of ether oxygens (including phenoxy) is 1. The zero-order valence-electron chi connectivity index (χ0n) is 10.8. The van der Waals surface area contributed by atoms with Gasteiger partial charge in [-0.05, 0) is 29.0 Å². The molecule has 3 N–H and O–H groups in total. The molecule has 3 rings (SSSR count). The monoisotopic (exact) mass is 319 g/mol. The number of benzene rings is 2. The van der Waals surface area contributed by atoms with Crippen LogP contribution >= 0.6 is 23.2 Å². The van der Waals surface area contributed by atoms with Gasteiger partial charge in [-0.15, -0.1) is 0 Å². The summed E-state index contributed by atoms with van der Waals surface area (Å²) < 4.78 is 5.72. The number of pyridine rings is 1. The fourth-order valence-electron chi connectivity index (χ4n) is 1.97. The predicted octanol–water partition coefficient (Wildman–Crippen LogP) is 4.62. The Morgan fingerprint density at radius 1 is 0.952 bits per heavy atom. The van der Waals surface area contributed by atoms with Gasteiger partial charge in [-0.2, -0.15) is 4.98 Å². The Morgan fingerprint density at radius 3 is 2.48 bits per heavy atom. The second-order valence-electron chi connectivity index (χ2n) is 4.36. The summed E-state index contributed by atoms with van der Waals surface area (Å²) in [5.74, 6) is 6.52. The van der Waals surface area contributed by atoms with E-state index in [2.05, 4.69) is 10.4 Å². The molecule has 2 aromatic carbocycles. The molecule has 106 valence electrons. The van der Waals surface area contributed by atoms with E-state index >= 15 is 0 Å². The molecule has 6 heteroatoms. The highest BCUT2D eigenvalue weighted by Gasteiger charge is 2.11. The van der Waals surface area contributed by atoms with Crippen LogP contribution in [0.25, 0.3) is 10.8 Å². The van der Waals surface area contributed by atoms with Gasteiger partial charge in [0.2, 0.25) is 5.88 Å². The van der Waals surface area contributed by atoms with E-state index in [1.54, 1.807) is 0 Å². The summed E-state index contributed by atoms with van der Waals surface area (Å²) >= 11 is 12.0. The highest BCUT2D eigenvalue weighted by molar-refractivity contribution is 6.36. The van der Waals surface area contributed by atoms with Gasteiger partial charge in [0, 0.05) is 0 Å². The molecule has 0 unspecified atom stereocenters. The smallest absolute Gasteiger partial charge is 0.240 e. The second kappa shape index (κ2) is 5.77. The lowest BCUT2D eigenvalue weighted by Crippen LogP contribution is -2.09. The van der Waals surface area contributed by atoms with Crippen molar-refractivity contribution in [2.24, 2.45) is 5.84 Å². The maximum Gasteiger partial charge on any atom is 0.240 e. The number of hydrogen-bond acceptors (Lipinski definition) is 4. The summed E-state index contributed by atoms with van der Waals surface area (Å²) in [7, 11) is 0. The summed E-state index contributed by atoms with van der Waals surface area (Å²) in [6.45, 7) is 0. The maximum absolute atomic E-state index is 6.09. The molecule has 0 atom stereocenters. The number of hydrogen-bond donors (Lipinski definition) is 2. The minimum atomic E-state index is 0.240. The van der Waals surface area contributed by atoms with E-state index in [4.69, 9.17) is 33.8 Å². The fraction of sp³-hybridized carbons (Fsp3) is 0. The lowest BCUT2D eigenvalue weighted by atomic mass is 10.1. The van der Waals surface area contributed by atoms with E-state index in [0.29, 0.717) is 21.6 Å². The third kappa shape index (κ3) is 2.88. The number of nitrogen functional groups attached to an aromatic ring is 1. The molecule has 0 aliphatic rings. The summed E-state index contributed by atoms with van der Waals surface area (Å²) in [5.41, 5.74) is 2.40. The highest BCUT2D eigenvalue weighted by Crippen LogP contribution is 2.33. The predicted molar refractivity (Wildman–Crippen MR) is 86.1 cm³/mol. The molecule has 0 amide bonds. The van der Waals surface area contributed by atoms with Crippen molar-refractivity contribution >= 4 is 39.8 Å². The van der Waals surface area contributed by atoms with Crippen LogP contribution in [0.3, 0.4) is 0 Å². The van der Waals surface area contributed by atoms with E-state index in [1.807, 2.05) is 42.5 Å². The molecule has 0 saturated carbocycles. The van der Waals surface area contributed by atoms with Crippen LogP contribution in [0.1, 0.15) is 0 Å². The number of nitrogens with one attached hydrogen (secondary N) is 1. The summed E-state index contributed by atoms with van der Waals surface area (Å²) in [6, 6.07) is 15.3. The molecule has 1 aromatic heterocycles. The van der Waals surface area contributed by atoms with Crippen LogP contribution in [-0.2, 0) is 0 Å². The molecular formula is C15H11Cl2N3O. The molecule has 0 radical (unpaired) electrons. The molecule has 0 spiro atoms. The van der Waals surface area contributed by atoms with Crippen molar-refractivity contribution in [1.82, 2.24) is 4.98 Å². The fourth-order valence-corrected chi connectivity index (χ4v) is 2.42. The first-order valence-electron chi connectivity index (χ1n) is 6.16. The summed E-state index contributed by atoms with van der Waals surface area (Å²) in [4.78, 5) is 4.14. The van der Waals surface area contributed by atoms with Crippen LogP contribution < -0.4 is 16.0 Å². The Hall–Kier alpha value is -2.01. The largest absolute Gasteiger partial charge is 0.437 e. The summed E-state index contributed by atoms with van der Waals surface area (Å²) in [5, 5.41) is 2.84. The van der Waals surface area contributed by atoms with Crippen molar-refractivity contribution in [3.8, 4) is 11.6 Å². The number of hydrazine groups is 1. The van der Waals surface area contributed by atoms with Crippen molar-refractivity contribution in [3.05, 3.63) is 58.6 Å². The van der Waals surface area contributed by atoms with Gasteiger partial charge in [0.25, 0.3) is 0 Å². The summed E-state index contributed by atoms with van der Waals surface area (Å²) in [6.07, 6.45) is 0. The lowest BCUT2D eigenvalue weighted by Gasteiger charge is -2.10. The molecule has 0 bridgehead atoms. The number of halogens is 2. The van der Waals surface area contributed by atoms with Gasteiger partial charge in [0.05, 0.1) is 5.02 Å². The van der Waals surface area contributed by atoms with E-state index in [-0.39, 0.29) is 5.88 Å². The topological polar surface area (TPSA) is 60.2 Å². The Balaban J connectivity index is 1.98. The first kappa shape index (κ1) is 13.9. The van der Waals surface area contributed by atoms with Gasteiger partial charge in [-0.25, -0.2) is 5.84 Å². The Kier molecular flexibility index (Phi) is 3.84. The second-order valence-corrected chi connectivity index (χ2v) is 5.18. The van der Waals surface area contributed by atoms with Crippen LogP contribution in [0, 0.1) is 0 Å². The molecule has 0 aliphatic carbocycles. The maximum atomic E-state index is 6.09. The van der Waals surface area contributed by atoms with E-state index in [9.17, 15) is 0 Å². The van der Waals surface area contributed by atoms with E-state index < -0.39 is 0 Å². The quantitative estimate of drug-likeness (QED) is 0.546. The minimum Gasteiger partial charge on any atom is -0.437 e. The number of rotatable bonds is 3. The molecular weight excluding hydrogens is 309 g/mol. The van der Waals surface area contributed by atoms with Crippen molar-refractivity contribution in [2.45, 2.75) is 0 Å². The van der Waals surface area contributed by atoms with Crippen molar-refractivity contribution in [2.75, 3.05) is 5.43 Å². The van der Waals surface area contributed by atoms with Gasteiger partial charge in [0.15, 0.2) is 5.82 Å². The number of fused-ring (bicyclic) bond motifs is 1. The molecule has 0 saturated heterocycles. The zero-order valence-corrected chi connectivity index (χ0v) is 12.3. The van der Waals surface area contributed by atoms with Crippen LogP contribution in [0.15, 0.2) is 48.5 Å². The van der Waals surface area contributed by atoms with Crippen molar-refractivity contribution < 1.29 is 4.74 Å². The van der Waals surface area contributed by atoms with Crippen LogP contribution in [0.4, 0.5) is 5.82 Å². The lowest BCUT2D eigenvalue weighted by molar-refractivity contribution is 0.464. The van der Waals surface area contributed by atoms with Crippen LogP contribution in [-0.4, -0.2) is 4.98 Å². The Morgan fingerprint density at radius 2 is 1.71 bits per heavy atom. The molecule has 21 heavy (non-hydrogen) atoms. The third-order valence-electron chi connectivity index (χ3n) is 2.97. The first-order chi connectivity index (χ1) is 10.2. The highest BCUT2D eigenvalue weighted by atomic mass is 35.5. The minimum absolute atomic E-state index is 0.240. The van der Waals surface area contributed by atoms with Crippen LogP contribution in [0.5, 0.6) is 11.6 Å². The normalized spacial score (nSPS) is 10.6. The SMILES string of the molecule is NNc1nc(Oc2ccc3ccccc3c2)c(Cl)cc1Cl. The van der Waals surface area contributed by atoms with Gasteiger partial charge < -0.3 is 10.2 Å². The number of aromatic nitrogens is 1. The number of nitrogens with two attached hydrogens (primary N) is 1. The van der Waals surface area contributed by atoms with Crippen molar-refractivity contribution in [3.63, 3.8) is 0 Å². The van der Waals surface area contributed by atoms with Gasteiger partial charge in [-0.1, -0.05) is 53.5 Å². The zero-order chi connectivity index (χ0) is 14.8. The van der Waals surface area contributed by atoms with Gasteiger partial charge in [0.1, 0.15) is 10.8 Å². The average Bonchev–Trinajstić information content (AvgIpc) is 2.50. The molecule has 4 nitrogen and oxygen atoms in total. The van der Waals surface area contributed by atoms with Crippen LogP contribution in [0.2, 0.25) is 10.0 Å². The molecule has 3 aromatic rings. The number of nitrogens with zero attached hydrogens (tertiary/aromatic N) is 1. The standard InChI is InChI=1S/C15H11Cl2N3O/c16-12-8-13(17)15(19-14(12)20-18)21-11-6-5-9-3-1-2-4-10(9)7-11/h1-8H,18H2,(H,19,20). The first-order valence-corrected chi connectivity index (χ1v) is 6.92. The van der Waals surface area contributed by atoms with Gasteiger partial charge in [-0.3, -0.25) is 0 Å². The average molecular weight is 320 g/mol. The Bertz CT molecular complexity index is 808. The molecule has 0 aliphatic heterocycles. The van der Waals surface area contributed by atoms with E-state index in [1.165, 1.54) is 6.07 Å². The van der Waals surface area contributed by atoms with Crippen molar-refractivity contribution in [1.29, 1.82) is 0 Å².